The molecular formula is C31H37N5O3S2. The number of thioether (sulfide) groups is 2. The topological polar surface area (TPSA) is 117 Å². The van der Waals surface area contributed by atoms with Crippen molar-refractivity contribution < 1.29 is 14.4 Å². The third-order valence-electron chi connectivity index (χ3n) is 6.67. The average molecular weight is 592 g/mol. The smallest absolute Gasteiger partial charge is 0.314 e. The highest BCUT2D eigenvalue weighted by molar-refractivity contribution is 8.00. The fourth-order valence-corrected chi connectivity index (χ4v) is 6.25. The second kappa shape index (κ2) is 13.5. The van der Waals surface area contributed by atoms with Gasteiger partial charge in [0.2, 0.25) is 5.91 Å². The fraction of sp³-hybridized carbons (Fsp3) is 0.323. The van der Waals surface area contributed by atoms with E-state index in [2.05, 4.69) is 22.0 Å². The molecule has 1 aliphatic rings. The van der Waals surface area contributed by atoms with Crippen LogP contribution in [0.2, 0.25) is 0 Å². The second-order valence-corrected chi connectivity index (χ2v) is 12.6. The summed E-state index contributed by atoms with van der Waals surface area (Å²) in [4.78, 5) is 42.2. The number of hydrogen-bond acceptors (Lipinski definition) is 6. The van der Waals surface area contributed by atoms with Gasteiger partial charge >= 0.3 is 6.03 Å². The van der Waals surface area contributed by atoms with Crippen LogP contribution in [-0.2, 0) is 22.7 Å². The molecule has 8 nitrogen and oxygen atoms in total. The Labute approximate surface area is 250 Å². The molecule has 1 aliphatic heterocycles. The van der Waals surface area contributed by atoms with E-state index in [9.17, 15) is 14.4 Å². The lowest BCUT2D eigenvalue weighted by Gasteiger charge is -2.27. The van der Waals surface area contributed by atoms with Gasteiger partial charge in [-0.15, -0.1) is 23.5 Å². The van der Waals surface area contributed by atoms with E-state index in [1.54, 1.807) is 49.3 Å². The molecule has 3 aromatic rings. The van der Waals surface area contributed by atoms with Crippen LogP contribution in [0.25, 0.3) is 11.1 Å². The van der Waals surface area contributed by atoms with Gasteiger partial charge in [-0.25, -0.2) is 4.79 Å². The van der Waals surface area contributed by atoms with E-state index < -0.39 is 11.6 Å². The zero-order valence-electron chi connectivity index (χ0n) is 23.8. The lowest BCUT2D eigenvalue weighted by atomic mass is 9.98. The first-order valence-electron chi connectivity index (χ1n) is 13.4. The molecule has 3 aromatic carbocycles. The number of rotatable bonds is 9. The van der Waals surface area contributed by atoms with Crippen LogP contribution in [0.15, 0.2) is 76.5 Å². The van der Waals surface area contributed by atoms with Crippen molar-refractivity contribution in [2.45, 2.75) is 54.7 Å². The number of carbonyl (C=O) groups excluding carboxylic acids is 3. The minimum Gasteiger partial charge on any atom is -0.343 e. The van der Waals surface area contributed by atoms with Crippen LogP contribution in [-0.4, -0.2) is 48.5 Å². The maximum Gasteiger partial charge on any atom is 0.314 e. The summed E-state index contributed by atoms with van der Waals surface area (Å²) in [7, 11) is 1.59. The number of nitrogens with two attached hydrogens (primary N) is 1. The van der Waals surface area contributed by atoms with E-state index >= 15 is 0 Å². The minimum absolute atomic E-state index is 0.132. The van der Waals surface area contributed by atoms with E-state index in [1.807, 2.05) is 66.9 Å². The normalized spacial score (nSPS) is 15.1. The highest BCUT2D eigenvalue weighted by Gasteiger charge is 2.33. The van der Waals surface area contributed by atoms with Crippen LogP contribution in [0.1, 0.15) is 31.4 Å². The van der Waals surface area contributed by atoms with E-state index in [1.165, 1.54) is 0 Å². The van der Waals surface area contributed by atoms with Gasteiger partial charge in [0, 0.05) is 41.1 Å². The molecular weight excluding hydrogens is 555 g/mol. The van der Waals surface area contributed by atoms with Gasteiger partial charge < -0.3 is 26.6 Å². The highest BCUT2D eigenvalue weighted by atomic mass is 32.2. The number of benzene rings is 3. The predicted molar refractivity (Wildman–Crippen MR) is 168 cm³/mol. The summed E-state index contributed by atoms with van der Waals surface area (Å²) in [5, 5.41) is 8.35. The molecule has 4 rings (SSSR count). The molecule has 1 atom stereocenters. The number of anilines is 1. The number of urea groups is 1. The molecule has 0 bridgehead atoms. The summed E-state index contributed by atoms with van der Waals surface area (Å²) in [6, 6.07) is 21.3. The third-order valence-corrected chi connectivity index (χ3v) is 8.53. The van der Waals surface area contributed by atoms with Crippen LogP contribution in [0.5, 0.6) is 0 Å². The number of fused-ring (bicyclic) bond motifs is 1. The second-order valence-electron chi connectivity index (χ2n) is 10.6. The van der Waals surface area contributed by atoms with Crippen molar-refractivity contribution in [2.24, 2.45) is 5.73 Å². The Morgan fingerprint density at radius 3 is 2.51 bits per heavy atom. The lowest BCUT2D eigenvalue weighted by Crippen LogP contribution is -2.51. The highest BCUT2D eigenvalue weighted by Crippen LogP contribution is 2.38. The van der Waals surface area contributed by atoms with E-state index in [0.717, 1.165) is 37.7 Å². The molecule has 0 unspecified atom stereocenters. The molecule has 41 heavy (non-hydrogen) atoms. The molecule has 0 aliphatic carbocycles. The molecule has 0 saturated carbocycles. The molecule has 216 valence electrons. The van der Waals surface area contributed by atoms with Crippen LogP contribution in [0.4, 0.5) is 10.5 Å². The Hall–Kier alpha value is -3.47. The Morgan fingerprint density at radius 2 is 1.83 bits per heavy atom. The van der Waals surface area contributed by atoms with Crippen molar-refractivity contribution in [3.63, 3.8) is 0 Å². The SMILES string of the molecule is CNC(=O)NCc1ccccc1-c1ccc(CN2C(=O)[C@H](NC(=O)CC(C)(C)N)CSc3cc(SC)ccc32)cc1. The number of hydrogen-bond donors (Lipinski definition) is 4. The maximum absolute atomic E-state index is 13.9. The van der Waals surface area contributed by atoms with Crippen LogP contribution in [0.3, 0.4) is 0 Å². The molecule has 0 saturated heterocycles. The van der Waals surface area contributed by atoms with Gasteiger partial charge in [0.25, 0.3) is 5.91 Å². The Balaban J connectivity index is 1.59. The average Bonchev–Trinajstić information content (AvgIpc) is 3.07. The summed E-state index contributed by atoms with van der Waals surface area (Å²) < 4.78 is 0. The Morgan fingerprint density at radius 1 is 1.10 bits per heavy atom. The van der Waals surface area contributed by atoms with E-state index in [4.69, 9.17) is 5.73 Å². The number of nitrogens with one attached hydrogen (secondary N) is 3. The predicted octanol–water partition coefficient (Wildman–Crippen LogP) is 4.76. The molecule has 0 radical (unpaired) electrons. The first kappa shape index (κ1) is 30.5. The molecule has 4 amide bonds. The van der Waals surface area contributed by atoms with Gasteiger partial charge in [-0.1, -0.05) is 48.5 Å². The Bertz CT molecular complexity index is 1410. The zero-order chi connectivity index (χ0) is 29.6. The van der Waals surface area contributed by atoms with Gasteiger partial charge in [-0.2, -0.15) is 0 Å². The third kappa shape index (κ3) is 8.06. The molecule has 0 aromatic heterocycles. The zero-order valence-corrected chi connectivity index (χ0v) is 25.5. The van der Waals surface area contributed by atoms with Gasteiger partial charge in [0.05, 0.1) is 12.2 Å². The van der Waals surface area contributed by atoms with Gasteiger partial charge in [0.1, 0.15) is 6.04 Å². The van der Waals surface area contributed by atoms with Gasteiger partial charge in [-0.05, 0) is 60.6 Å². The minimum atomic E-state index is -0.668. The summed E-state index contributed by atoms with van der Waals surface area (Å²) in [6.45, 7) is 4.35. The van der Waals surface area contributed by atoms with Crippen molar-refractivity contribution >= 4 is 47.1 Å². The lowest BCUT2D eigenvalue weighted by molar-refractivity contribution is -0.127. The molecule has 1 heterocycles. The summed E-state index contributed by atoms with van der Waals surface area (Å²) in [5.41, 5.74) is 10.2. The monoisotopic (exact) mass is 591 g/mol. The standard InChI is InChI=1S/C31H37N5O3S2/c1-31(2,32)16-28(37)35-25-19-41-27-15-23(40-4)13-14-26(27)36(29(25)38)18-20-9-11-21(12-10-20)24-8-6-5-7-22(24)17-34-30(39)33-3/h5-15,25H,16-19,32H2,1-4H3,(H,35,37)(H2,33,34,39)/t25-/m1/s1. The maximum atomic E-state index is 13.9. The van der Waals surface area contributed by atoms with Gasteiger partial charge in [0.15, 0.2) is 0 Å². The fourth-order valence-electron chi connectivity index (χ4n) is 4.63. The van der Waals surface area contributed by atoms with Crippen LogP contribution < -0.4 is 26.6 Å². The number of nitrogens with zero attached hydrogens (tertiary/aromatic N) is 1. The quantitative estimate of drug-likeness (QED) is 0.267. The first-order valence-corrected chi connectivity index (χ1v) is 15.6. The molecule has 5 N–H and O–H groups in total. The van der Waals surface area contributed by atoms with Crippen molar-refractivity contribution in [1.82, 2.24) is 16.0 Å². The van der Waals surface area contributed by atoms with E-state index in [0.29, 0.717) is 18.8 Å². The Kier molecular flexibility index (Phi) is 10.0. The van der Waals surface area contributed by atoms with Crippen LogP contribution >= 0.6 is 23.5 Å². The van der Waals surface area contributed by atoms with Crippen molar-refractivity contribution in [2.75, 3.05) is 24.0 Å². The number of carbonyl (C=O) groups is 3. The molecule has 10 heteroatoms. The summed E-state index contributed by atoms with van der Waals surface area (Å²) >= 11 is 3.23. The van der Waals surface area contributed by atoms with Crippen LogP contribution in [0, 0.1) is 0 Å². The van der Waals surface area contributed by atoms with Crippen molar-refractivity contribution in [1.29, 1.82) is 0 Å². The summed E-state index contributed by atoms with van der Waals surface area (Å²) in [6.07, 6.45) is 2.16. The first-order chi connectivity index (χ1) is 19.6. The molecule has 0 fully saturated rings. The van der Waals surface area contributed by atoms with Gasteiger partial charge in [-0.3, -0.25) is 9.59 Å². The summed E-state index contributed by atoms with van der Waals surface area (Å²) in [5.74, 6) is 0.0589. The van der Waals surface area contributed by atoms with E-state index in [-0.39, 0.29) is 24.3 Å². The van der Waals surface area contributed by atoms with Crippen molar-refractivity contribution in [3.8, 4) is 11.1 Å². The largest absolute Gasteiger partial charge is 0.343 e. The number of amides is 4. The van der Waals surface area contributed by atoms with Crippen molar-refractivity contribution in [3.05, 3.63) is 77.9 Å². The molecule has 0 spiro atoms.